The third-order valence-corrected chi connectivity index (χ3v) is 9.47. The zero-order chi connectivity index (χ0) is 33.0. The number of nitrogens with zero attached hydrogens (tertiary/aromatic N) is 2. The highest BCUT2D eigenvalue weighted by atomic mass is 16.3. The van der Waals surface area contributed by atoms with Crippen LogP contribution in [0.1, 0.15) is 0 Å². The van der Waals surface area contributed by atoms with Crippen LogP contribution < -0.4 is 0 Å². The summed E-state index contributed by atoms with van der Waals surface area (Å²) in [6, 6.07) is 58.7. The van der Waals surface area contributed by atoms with Gasteiger partial charge >= 0.3 is 0 Å². The third-order valence-electron chi connectivity index (χ3n) is 9.47. The Bertz CT molecular complexity index is 2800. The monoisotopic (exact) mass is 640 g/mol. The van der Waals surface area contributed by atoms with Gasteiger partial charge in [-0.15, -0.1) is 0 Å². The number of furan rings is 2. The molecule has 0 unspecified atom stereocenters. The fraction of sp³-hybridized carbons (Fsp3) is 0. The molecular weight excluding hydrogens is 613 g/mol. The first-order valence-corrected chi connectivity index (χ1v) is 16.7. The van der Waals surface area contributed by atoms with Gasteiger partial charge in [-0.25, -0.2) is 9.97 Å². The van der Waals surface area contributed by atoms with Crippen LogP contribution in [0.3, 0.4) is 0 Å². The number of hydrogen-bond donors (Lipinski definition) is 0. The molecule has 0 spiro atoms. The smallest absolute Gasteiger partial charge is 0.180 e. The maximum Gasteiger partial charge on any atom is 0.180 e. The molecule has 0 bridgehead atoms. The van der Waals surface area contributed by atoms with E-state index < -0.39 is 0 Å². The van der Waals surface area contributed by atoms with E-state index >= 15 is 0 Å². The molecule has 3 aromatic heterocycles. The molecule has 10 rings (SSSR count). The van der Waals surface area contributed by atoms with Crippen molar-refractivity contribution in [3.05, 3.63) is 170 Å². The minimum absolute atomic E-state index is 0.652. The van der Waals surface area contributed by atoms with Crippen LogP contribution in [0.4, 0.5) is 0 Å². The molecule has 0 saturated carbocycles. The zero-order valence-corrected chi connectivity index (χ0v) is 26.9. The lowest BCUT2D eigenvalue weighted by Crippen LogP contribution is -1.95. The van der Waals surface area contributed by atoms with Gasteiger partial charge in [0.15, 0.2) is 11.4 Å². The Kier molecular flexibility index (Phi) is 6.46. The summed E-state index contributed by atoms with van der Waals surface area (Å²) < 4.78 is 12.8. The molecule has 0 radical (unpaired) electrons. The maximum absolute atomic E-state index is 6.69. The summed E-state index contributed by atoms with van der Waals surface area (Å²) in [4.78, 5) is 10.4. The molecule has 0 N–H and O–H groups in total. The Morgan fingerprint density at radius 3 is 1.50 bits per heavy atom. The standard InChI is InChI=1S/C46H28N2O2/c1-4-12-29(13-5-1)34-24-35(30-14-6-2-7-15-30)26-36(25-34)43-45-44(48-46(47-43)31-16-8-3-9-17-31)39-28-33(21-23-42(39)50-45)32-20-22-41-38(27-32)37-18-10-11-19-40(37)49-41/h1-28H. The van der Waals surface area contributed by atoms with E-state index in [4.69, 9.17) is 18.8 Å². The Morgan fingerprint density at radius 2 is 0.840 bits per heavy atom. The largest absolute Gasteiger partial charge is 0.456 e. The molecule has 7 aromatic carbocycles. The summed E-state index contributed by atoms with van der Waals surface area (Å²) in [5, 5.41) is 3.15. The highest BCUT2D eigenvalue weighted by Crippen LogP contribution is 2.40. The highest BCUT2D eigenvalue weighted by molar-refractivity contribution is 6.10. The molecule has 10 aromatic rings. The maximum atomic E-state index is 6.69. The molecule has 0 aliphatic rings. The molecule has 4 heteroatoms. The summed E-state index contributed by atoms with van der Waals surface area (Å²) in [6.45, 7) is 0. The predicted octanol–water partition coefficient (Wildman–Crippen LogP) is 12.6. The first-order valence-electron chi connectivity index (χ1n) is 16.7. The zero-order valence-electron chi connectivity index (χ0n) is 26.9. The van der Waals surface area contributed by atoms with Crippen molar-refractivity contribution in [2.24, 2.45) is 0 Å². The normalized spacial score (nSPS) is 11.6. The SMILES string of the molecule is c1ccc(-c2cc(-c3ccccc3)cc(-c3nc(-c4ccccc4)nc4c3oc3ccc(-c5ccc6oc7ccccc7c6c5)cc34)c2)cc1. The minimum atomic E-state index is 0.652. The van der Waals surface area contributed by atoms with Crippen LogP contribution >= 0.6 is 0 Å². The van der Waals surface area contributed by atoms with E-state index in [1.54, 1.807) is 0 Å². The number of aromatic nitrogens is 2. The average Bonchev–Trinajstić information content (AvgIpc) is 3.76. The molecule has 0 saturated heterocycles. The van der Waals surface area contributed by atoms with Crippen LogP contribution in [0.5, 0.6) is 0 Å². The third kappa shape index (κ3) is 4.77. The summed E-state index contributed by atoms with van der Waals surface area (Å²) in [5.74, 6) is 0.652. The lowest BCUT2D eigenvalue weighted by Gasteiger charge is -2.12. The number of hydrogen-bond acceptors (Lipinski definition) is 4. The molecule has 4 nitrogen and oxygen atoms in total. The van der Waals surface area contributed by atoms with E-state index in [9.17, 15) is 0 Å². The average molecular weight is 641 g/mol. The molecule has 234 valence electrons. The lowest BCUT2D eigenvalue weighted by molar-refractivity contribution is 0.667. The van der Waals surface area contributed by atoms with Gasteiger partial charge in [0.25, 0.3) is 0 Å². The van der Waals surface area contributed by atoms with Crippen molar-refractivity contribution >= 4 is 44.0 Å². The predicted molar refractivity (Wildman–Crippen MR) is 204 cm³/mol. The Hall–Kier alpha value is -6.78. The van der Waals surface area contributed by atoms with Crippen LogP contribution in [0.15, 0.2) is 179 Å². The summed E-state index contributed by atoms with van der Waals surface area (Å²) in [6.07, 6.45) is 0. The van der Waals surface area contributed by atoms with Crippen LogP contribution in [-0.4, -0.2) is 9.97 Å². The van der Waals surface area contributed by atoms with E-state index in [0.29, 0.717) is 11.4 Å². The van der Waals surface area contributed by atoms with Gasteiger partial charge < -0.3 is 8.83 Å². The molecule has 0 atom stereocenters. The summed E-state index contributed by atoms with van der Waals surface area (Å²) in [5.41, 5.74) is 13.3. The fourth-order valence-corrected chi connectivity index (χ4v) is 7.00. The summed E-state index contributed by atoms with van der Waals surface area (Å²) in [7, 11) is 0. The van der Waals surface area contributed by atoms with Crippen LogP contribution in [-0.2, 0) is 0 Å². The second-order valence-corrected chi connectivity index (χ2v) is 12.6. The minimum Gasteiger partial charge on any atom is -0.456 e. The Labute approximate surface area is 287 Å². The quantitative estimate of drug-likeness (QED) is 0.188. The second kappa shape index (κ2) is 11.4. The fourth-order valence-electron chi connectivity index (χ4n) is 7.00. The topological polar surface area (TPSA) is 52.1 Å². The highest BCUT2D eigenvalue weighted by Gasteiger charge is 2.20. The van der Waals surface area contributed by atoms with Gasteiger partial charge in [-0.3, -0.25) is 0 Å². The van der Waals surface area contributed by atoms with Crippen LogP contribution in [0.2, 0.25) is 0 Å². The number of para-hydroxylation sites is 1. The van der Waals surface area contributed by atoms with Crippen molar-refractivity contribution in [3.8, 4) is 56.0 Å². The first kappa shape index (κ1) is 28.3. The van der Waals surface area contributed by atoms with Gasteiger partial charge in [0, 0.05) is 27.3 Å². The van der Waals surface area contributed by atoms with Crippen LogP contribution in [0, 0.1) is 0 Å². The van der Waals surface area contributed by atoms with Gasteiger partial charge in [0.05, 0.1) is 0 Å². The van der Waals surface area contributed by atoms with E-state index in [1.165, 1.54) is 0 Å². The molecule has 0 fully saturated rings. The molecule has 0 amide bonds. The van der Waals surface area contributed by atoms with Gasteiger partial charge in [-0.1, -0.05) is 121 Å². The van der Waals surface area contributed by atoms with Crippen molar-refractivity contribution in [1.82, 2.24) is 9.97 Å². The van der Waals surface area contributed by atoms with Gasteiger partial charge in [-0.2, -0.15) is 0 Å². The van der Waals surface area contributed by atoms with Crippen molar-refractivity contribution < 1.29 is 8.83 Å². The number of fused-ring (bicyclic) bond motifs is 6. The number of rotatable bonds is 5. The van der Waals surface area contributed by atoms with E-state index in [2.05, 4.69) is 115 Å². The van der Waals surface area contributed by atoms with E-state index in [-0.39, 0.29) is 0 Å². The van der Waals surface area contributed by atoms with Crippen molar-refractivity contribution in [2.45, 2.75) is 0 Å². The number of benzene rings is 7. The van der Waals surface area contributed by atoms with Crippen LogP contribution in [0.25, 0.3) is 100 Å². The Balaban J connectivity index is 1.21. The first-order chi connectivity index (χ1) is 24.7. The molecule has 0 aliphatic heterocycles. The van der Waals surface area contributed by atoms with Gasteiger partial charge in [0.2, 0.25) is 0 Å². The molecular formula is C46H28N2O2. The summed E-state index contributed by atoms with van der Waals surface area (Å²) >= 11 is 0. The van der Waals surface area contributed by atoms with E-state index in [0.717, 1.165) is 88.6 Å². The molecule has 0 aliphatic carbocycles. The van der Waals surface area contributed by atoms with E-state index in [1.807, 2.05) is 54.6 Å². The lowest BCUT2D eigenvalue weighted by atomic mass is 9.94. The van der Waals surface area contributed by atoms with Gasteiger partial charge in [0.1, 0.15) is 28.0 Å². The molecule has 3 heterocycles. The van der Waals surface area contributed by atoms with Crippen molar-refractivity contribution in [1.29, 1.82) is 0 Å². The molecule has 50 heavy (non-hydrogen) atoms. The van der Waals surface area contributed by atoms with Crippen molar-refractivity contribution in [3.63, 3.8) is 0 Å². The second-order valence-electron chi connectivity index (χ2n) is 12.6. The Morgan fingerprint density at radius 1 is 0.320 bits per heavy atom. The van der Waals surface area contributed by atoms with Crippen molar-refractivity contribution in [2.75, 3.05) is 0 Å². The van der Waals surface area contributed by atoms with Gasteiger partial charge in [-0.05, 0) is 81.9 Å².